The zero-order valence-electron chi connectivity index (χ0n) is 11.1. The fourth-order valence-electron chi connectivity index (χ4n) is 1.50. The molecule has 0 aliphatic heterocycles. The number of hydrogen-bond donors (Lipinski definition) is 1. The van der Waals surface area contributed by atoms with Gasteiger partial charge < -0.3 is 5.11 Å². The maximum absolute atomic E-state index is 9.17. The smallest absolute Gasteiger partial charge is 0.115 e. The number of aliphatic imine (C=N–C) groups is 1. The molecule has 0 heterocycles. The van der Waals surface area contributed by atoms with E-state index in [-0.39, 0.29) is 0 Å². The highest BCUT2D eigenvalue weighted by atomic mass is 16.3. The van der Waals surface area contributed by atoms with Crippen LogP contribution in [-0.4, -0.2) is 17.4 Å². The number of rotatable bonds is 4. The van der Waals surface area contributed by atoms with Gasteiger partial charge in [0.25, 0.3) is 0 Å². The highest BCUT2D eigenvalue weighted by Gasteiger charge is 1.97. The van der Waals surface area contributed by atoms with Crippen molar-refractivity contribution in [3.63, 3.8) is 0 Å². The lowest BCUT2D eigenvalue weighted by Crippen LogP contribution is -1.99. The van der Waals surface area contributed by atoms with Crippen molar-refractivity contribution in [1.29, 1.82) is 0 Å². The van der Waals surface area contributed by atoms with Crippen LogP contribution >= 0.6 is 0 Å². The van der Waals surface area contributed by atoms with Crippen LogP contribution in [0.5, 0.6) is 5.75 Å². The molecule has 2 nitrogen and oxygen atoms in total. The number of allylic oxidation sites excluding steroid dienone is 2. The van der Waals surface area contributed by atoms with E-state index in [1.807, 2.05) is 12.1 Å². The molecule has 92 valence electrons. The monoisotopic (exact) mass is 231 g/mol. The minimum absolute atomic E-state index is 0.314. The SMILES string of the molecule is CC(=NCCc1ccc(O)cc1)C(C)=C(C)C. The van der Waals surface area contributed by atoms with Gasteiger partial charge in [-0.15, -0.1) is 0 Å². The predicted octanol–water partition coefficient (Wildman–Crippen LogP) is 3.75. The van der Waals surface area contributed by atoms with Crippen molar-refractivity contribution in [3.8, 4) is 5.75 Å². The van der Waals surface area contributed by atoms with E-state index in [0.29, 0.717) is 5.75 Å². The van der Waals surface area contributed by atoms with Crippen molar-refractivity contribution in [2.24, 2.45) is 4.99 Å². The molecule has 0 bridgehead atoms. The van der Waals surface area contributed by atoms with E-state index in [0.717, 1.165) is 18.7 Å². The Bertz CT molecular complexity index is 423. The van der Waals surface area contributed by atoms with Gasteiger partial charge in [-0.2, -0.15) is 0 Å². The average molecular weight is 231 g/mol. The first-order valence-electron chi connectivity index (χ1n) is 5.94. The van der Waals surface area contributed by atoms with E-state index in [4.69, 9.17) is 0 Å². The standard InChI is InChI=1S/C15H21NO/c1-11(2)12(3)13(4)16-10-9-14-5-7-15(17)8-6-14/h5-8,17H,9-10H2,1-4H3. The van der Waals surface area contributed by atoms with Gasteiger partial charge in [0.15, 0.2) is 0 Å². The molecule has 1 aromatic carbocycles. The quantitative estimate of drug-likeness (QED) is 0.786. The molecule has 0 saturated heterocycles. The minimum atomic E-state index is 0.314. The number of aromatic hydroxyl groups is 1. The molecular weight excluding hydrogens is 210 g/mol. The number of nitrogens with zero attached hydrogens (tertiary/aromatic N) is 1. The summed E-state index contributed by atoms with van der Waals surface area (Å²) in [5.41, 5.74) is 4.91. The second-order valence-electron chi connectivity index (χ2n) is 4.51. The third-order valence-corrected chi connectivity index (χ3v) is 2.98. The molecule has 0 aliphatic carbocycles. The van der Waals surface area contributed by atoms with Gasteiger partial charge in [-0.05, 0) is 57.4 Å². The molecule has 1 N–H and O–H groups in total. The highest BCUT2D eigenvalue weighted by Crippen LogP contribution is 2.10. The maximum atomic E-state index is 9.17. The molecule has 0 spiro atoms. The lowest BCUT2D eigenvalue weighted by atomic mass is 10.1. The zero-order chi connectivity index (χ0) is 12.8. The lowest BCUT2D eigenvalue weighted by molar-refractivity contribution is 0.475. The minimum Gasteiger partial charge on any atom is -0.508 e. The van der Waals surface area contributed by atoms with E-state index in [1.165, 1.54) is 16.7 Å². The van der Waals surface area contributed by atoms with Crippen molar-refractivity contribution >= 4 is 5.71 Å². The molecule has 0 aliphatic rings. The van der Waals surface area contributed by atoms with Gasteiger partial charge >= 0.3 is 0 Å². The van der Waals surface area contributed by atoms with E-state index in [1.54, 1.807) is 12.1 Å². The molecule has 0 radical (unpaired) electrons. The summed E-state index contributed by atoms with van der Waals surface area (Å²) >= 11 is 0. The van der Waals surface area contributed by atoms with Crippen LogP contribution in [0.2, 0.25) is 0 Å². The molecule has 1 rings (SSSR count). The molecule has 0 aromatic heterocycles. The maximum Gasteiger partial charge on any atom is 0.115 e. The van der Waals surface area contributed by atoms with E-state index in [9.17, 15) is 5.11 Å². The Balaban J connectivity index is 2.55. The summed E-state index contributed by atoms with van der Waals surface area (Å²) < 4.78 is 0. The Morgan fingerprint density at radius 2 is 1.65 bits per heavy atom. The van der Waals surface area contributed by atoms with Crippen LogP contribution in [0.4, 0.5) is 0 Å². The van der Waals surface area contributed by atoms with Crippen LogP contribution in [0, 0.1) is 0 Å². The summed E-state index contributed by atoms with van der Waals surface area (Å²) in [5, 5.41) is 9.17. The van der Waals surface area contributed by atoms with E-state index < -0.39 is 0 Å². The summed E-state index contributed by atoms with van der Waals surface area (Å²) in [6, 6.07) is 7.31. The van der Waals surface area contributed by atoms with Gasteiger partial charge in [-0.3, -0.25) is 4.99 Å². The first-order chi connectivity index (χ1) is 8.00. The van der Waals surface area contributed by atoms with Crippen molar-refractivity contribution in [2.75, 3.05) is 6.54 Å². The van der Waals surface area contributed by atoms with Crippen LogP contribution in [0.3, 0.4) is 0 Å². The van der Waals surface area contributed by atoms with Crippen molar-refractivity contribution < 1.29 is 5.11 Å². The Hall–Kier alpha value is -1.57. The Morgan fingerprint density at radius 3 is 2.18 bits per heavy atom. The van der Waals surface area contributed by atoms with Crippen LogP contribution in [-0.2, 0) is 6.42 Å². The Kier molecular flexibility index (Phi) is 4.95. The largest absolute Gasteiger partial charge is 0.508 e. The second kappa shape index (κ2) is 6.24. The Morgan fingerprint density at radius 1 is 1.06 bits per heavy atom. The second-order valence-corrected chi connectivity index (χ2v) is 4.51. The average Bonchev–Trinajstić information content (AvgIpc) is 2.30. The first kappa shape index (κ1) is 13.5. The van der Waals surface area contributed by atoms with Crippen molar-refractivity contribution in [1.82, 2.24) is 0 Å². The molecule has 0 atom stereocenters. The van der Waals surface area contributed by atoms with Crippen LogP contribution in [0.25, 0.3) is 0 Å². The van der Waals surface area contributed by atoms with Crippen LogP contribution < -0.4 is 0 Å². The molecule has 0 saturated carbocycles. The van der Waals surface area contributed by atoms with Gasteiger partial charge in [0.1, 0.15) is 5.75 Å². The summed E-state index contributed by atoms with van der Waals surface area (Å²) in [5.74, 6) is 0.314. The molecule has 0 amide bonds. The summed E-state index contributed by atoms with van der Waals surface area (Å²) in [7, 11) is 0. The summed E-state index contributed by atoms with van der Waals surface area (Å²) in [4.78, 5) is 4.56. The molecule has 2 heteroatoms. The molecular formula is C15H21NO. The highest BCUT2D eigenvalue weighted by molar-refractivity contribution is 5.98. The van der Waals surface area contributed by atoms with Crippen molar-refractivity contribution in [3.05, 3.63) is 41.0 Å². The van der Waals surface area contributed by atoms with Crippen molar-refractivity contribution in [2.45, 2.75) is 34.1 Å². The fraction of sp³-hybridized carbons (Fsp3) is 0.400. The lowest BCUT2D eigenvalue weighted by Gasteiger charge is -2.04. The van der Waals surface area contributed by atoms with Gasteiger partial charge in [0.2, 0.25) is 0 Å². The van der Waals surface area contributed by atoms with Gasteiger partial charge in [-0.25, -0.2) is 0 Å². The number of benzene rings is 1. The first-order valence-corrected chi connectivity index (χ1v) is 5.94. The third kappa shape index (κ3) is 4.43. The Labute approximate surface area is 104 Å². The third-order valence-electron chi connectivity index (χ3n) is 2.98. The van der Waals surface area contributed by atoms with E-state index >= 15 is 0 Å². The van der Waals surface area contributed by atoms with Gasteiger partial charge in [-0.1, -0.05) is 17.7 Å². The predicted molar refractivity (Wildman–Crippen MR) is 73.8 cm³/mol. The summed E-state index contributed by atoms with van der Waals surface area (Å²) in [6.07, 6.45) is 0.910. The zero-order valence-corrected chi connectivity index (χ0v) is 11.1. The molecule has 1 aromatic rings. The molecule has 0 fully saturated rings. The van der Waals surface area contributed by atoms with Gasteiger partial charge in [0.05, 0.1) is 0 Å². The molecule has 17 heavy (non-hydrogen) atoms. The number of hydrogen-bond acceptors (Lipinski definition) is 2. The van der Waals surface area contributed by atoms with Crippen LogP contribution in [0.1, 0.15) is 33.3 Å². The van der Waals surface area contributed by atoms with E-state index in [2.05, 4.69) is 32.7 Å². The van der Waals surface area contributed by atoms with Crippen LogP contribution in [0.15, 0.2) is 40.4 Å². The number of phenols is 1. The number of phenolic OH excluding ortho intramolecular Hbond substituents is 1. The topological polar surface area (TPSA) is 32.6 Å². The van der Waals surface area contributed by atoms with Gasteiger partial charge in [0, 0.05) is 12.3 Å². The summed E-state index contributed by atoms with van der Waals surface area (Å²) in [6.45, 7) is 9.16. The normalized spacial score (nSPS) is 11.4. The fourth-order valence-corrected chi connectivity index (χ4v) is 1.50. The molecule has 0 unspecified atom stereocenters.